The Kier molecular flexibility index (Phi) is 6.67. The van der Waals surface area contributed by atoms with E-state index in [0.717, 1.165) is 37.8 Å². The van der Waals surface area contributed by atoms with Gasteiger partial charge in [-0.3, -0.25) is 10.1 Å². The van der Waals surface area contributed by atoms with Crippen molar-refractivity contribution in [1.29, 1.82) is 0 Å². The van der Waals surface area contributed by atoms with Gasteiger partial charge >= 0.3 is 11.7 Å². The minimum Gasteiger partial charge on any atom is -0.482 e. The zero-order chi connectivity index (χ0) is 27.5. The Morgan fingerprint density at radius 2 is 2.00 bits per heavy atom. The van der Waals surface area contributed by atoms with Crippen LogP contribution in [0.25, 0.3) is 0 Å². The number of nitro groups is 1. The van der Waals surface area contributed by atoms with Crippen LogP contribution in [0.3, 0.4) is 0 Å². The van der Waals surface area contributed by atoms with Crippen LogP contribution in [0.4, 0.5) is 10.1 Å². The van der Waals surface area contributed by atoms with Crippen molar-refractivity contribution in [1.82, 2.24) is 0 Å². The largest absolute Gasteiger partial charge is 0.482 e. The van der Waals surface area contributed by atoms with Crippen LogP contribution >= 0.6 is 0 Å². The molecule has 2 aliphatic carbocycles. The van der Waals surface area contributed by atoms with E-state index < -0.39 is 34.3 Å². The molecule has 2 aliphatic heterocycles. The van der Waals surface area contributed by atoms with Gasteiger partial charge in [-0.05, 0) is 69.3 Å². The molecule has 5 rings (SSSR count). The predicted molar refractivity (Wildman–Crippen MR) is 137 cm³/mol. The highest BCUT2D eigenvalue weighted by Crippen LogP contribution is 2.63. The minimum atomic E-state index is -0.996. The summed E-state index contributed by atoms with van der Waals surface area (Å²) in [6.07, 6.45) is 5.78. The summed E-state index contributed by atoms with van der Waals surface area (Å²) in [6.45, 7) is 13.7. The van der Waals surface area contributed by atoms with E-state index in [9.17, 15) is 19.3 Å². The standard InChI is InChI=1S/C29H36FNO7/c1-17-6-11-24-28(4,13-12-25-29(24,5)16-36-27(2,3)38-25)20(17)9-8-19-23(15-35-26(19)32)37-18-7-10-22(31(33)34)21(30)14-18/h7-8,10,14,20,23-25H,1,6,9,11-13,15-16H2,2-5H3/b19-8+/t20?,23-,24+,25?,28+,29+/m1/s1. The molecule has 0 bridgehead atoms. The van der Waals surface area contributed by atoms with Crippen molar-refractivity contribution in [3.63, 3.8) is 0 Å². The topological polar surface area (TPSA) is 97.1 Å². The maximum atomic E-state index is 14.1. The highest BCUT2D eigenvalue weighted by atomic mass is 19.1. The van der Waals surface area contributed by atoms with E-state index in [1.807, 2.05) is 19.9 Å². The molecule has 0 N–H and O–H groups in total. The molecule has 0 radical (unpaired) electrons. The van der Waals surface area contributed by atoms with Crippen LogP contribution in [0.2, 0.25) is 0 Å². The number of ether oxygens (including phenoxy) is 4. The van der Waals surface area contributed by atoms with Gasteiger partial charge in [-0.1, -0.05) is 32.1 Å². The van der Waals surface area contributed by atoms with E-state index in [2.05, 4.69) is 20.4 Å². The predicted octanol–water partition coefficient (Wildman–Crippen LogP) is 5.89. The third kappa shape index (κ3) is 4.53. The maximum absolute atomic E-state index is 14.1. The number of rotatable bonds is 5. The molecule has 38 heavy (non-hydrogen) atoms. The fraction of sp³-hybridized carbons (Fsp3) is 0.621. The molecule has 4 fully saturated rings. The Morgan fingerprint density at radius 3 is 2.71 bits per heavy atom. The first kappa shape index (κ1) is 26.8. The lowest BCUT2D eigenvalue weighted by molar-refractivity contribution is -0.387. The molecule has 2 heterocycles. The molecule has 2 saturated carbocycles. The monoisotopic (exact) mass is 529 g/mol. The molecule has 0 amide bonds. The van der Waals surface area contributed by atoms with Crippen molar-refractivity contribution in [3.8, 4) is 5.75 Å². The molecule has 0 aromatic heterocycles. The number of carbonyl (C=O) groups is 1. The highest BCUT2D eigenvalue weighted by molar-refractivity contribution is 5.91. The summed E-state index contributed by atoms with van der Waals surface area (Å²) >= 11 is 0. The summed E-state index contributed by atoms with van der Waals surface area (Å²) in [4.78, 5) is 22.7. The molecule has 1 aromatic rings. The second-order valence-electron chi connectivity index (χ2n) is 12.1. The molecule has 6 atom stereocenters. The summed E-state index contributed by atoms with van der Waals surface area (Å²) in [5, 5.41) is 10.9. The number of cyclic esters (lactones) is 1. The molecule has 0 spiro atoms. The van der Waals surface area contributed by atoms with E-state index in [-0.39, 0.29) is 35.2 Å². The van der Waals surface area contributed by atoms with Gasteiger partial charge in [0.25, 0.3) is 0 Å². The Morgan fingerprint density at radius 1 is 1.24 bits per heavy atom. The number of fused-ring (bicyclic) bond motifs is 3. The first-order valence-corrected chi connectivity index (χ1v) is 13.3. The quantitative estimate of drug-likeness (QED) is 0.154. The van der Waals surface area contributed by atoms with Crippen molar-refractivity contribution in [2.24, 2.45) is 22.7 Å². The Balaban J connectivity index is 1.36. The van der Waals surface area contributed by atoms with Crippen LogP contribution in [-0.4, -0.2) is 42.1 Å². The lowest BCUT2D eigenvalue weighted by Gasteiger charge is -2.63. The Bertz CT molecular complexity index is 1200. The van der Waals surface area contributed by atoms with Gasteiger partial charge in [0, 0.05) is 17.5 Å². The molecular formula is C29H36FNO7. The number of esters is 1. The van der Waals surface area contributed by atoms with Gasteiger partial charge in [0.1, 0.15) is 12.4 Å². The second-order valence-corrected chi connectivity index (χ2v) is 12.1. The van der Waals surface area contributed by atoms with Crippen LogP contribution < -0.4 is 4.74 Å². The van der Waals surface area contributed by atoms with Gasteiger partial charge in [-0.2, -0.15) is 4.39 Å². The van der Waals surface area contributed by atoms with Crippen LogP contribution in [0, 0.1) is 38.6 Å². The lowest BCUT2D eigenvalue weighted by Crippen LogP contribution is -2.62. The number of nitro benzene ring substituents is 1. The maximum Gasteiger partial charge on any atom is 0.337 e. The zero-order valence-electron chi connectivity index (χ0n) is 22.5. The molecule has 4 aliphatic rings. The molecule has 8 nitrogen and oxygen atoms in total. The van der Waals surface area contributed by atoms with E-state index in [4.69, 9.17) is 18.9 Å². The first-order valence-electron chi connectivity index (χ1n) is 13.3. The summed E-state index contributed by atoms with van der Waals surface area (Å²) in [5.74, 6) is -1.40. The van der Waals surface area contributed by atoms with Gasteiger partial charge in [-0.15, -0.1) is 0 Å². The number of benzene rings is 1. The van der Waals surface area contributed by atoms with Crippen LogP contribution in [0.1, 0.15) is 59.8 Å². The third-order valence-electron chi connectivity index (χ3n) is 9.39. The first-order chi connectivity index (χ1) is 17.8. The van der Waals surface area contributed by atoms with Gasteiger partial charge in [0.2, 0.25) is 5.82 Å². The number of hydrogen-bond acceptors (Lipinski definition) is 7. The summed E-state index contributed by atoms with van der Waals surface area (Å²) in [7, 11) is 0. The normalized spacial score (nSPS) is 37.3. The lowest BCUT2D eigenvalue weighted by atomic mass is 9.46. The van der Waals surface area contributed by atoms with E-state index in [1.54, 1.807) is 0 Å². The molecule has 2 saturated heterocycles. The fourth-order valence-electron chi connectivity index (χ4n) is 7.39. The Hall–Kier alpha value is -2.78. The van der Waals surface area contributed by atoms with E-state index >= 15 is 0 Å². The summed E-state index contributed by atoms with van der Waals surface area (Å²) < 4.78 is 37.8. The van der Waals surface area contributed by atoms with Crippen LogP contribution in [-0.2, 0) is 19.0 Å². The number of halogens is 1. The average molecular weight is 530 g/mol. The molecular weight excluding hydrogens is 493 g/mol. The molecule has 206 valence electrons. The van der Waals surface area contributed by atoms with Crippen LogP contribution in [0.5, 0.6) is 5.75 Å². The molecule has 9 heteroatoms. The fourth-order valence-corrected chi connectivity index (χ4v) is 7.39. The average Bonchev–Trinajstić information content (AvgIpc) is 3.17. The molecule has 1 aromatic carbocycles. The van der Waals surface area contributed by atoms with Crippen molar-refractivity contribution >= 4 is 11.7 Å². The molecule has 2 unspecified atom stereocenters. The van der Waals surface area contributed by atoms with Crippen molar-refractivity contribution in [2.75, 3.05) is 13.2 Å². The smallest absolute Gasteiger partial charge is 0.337 e. The van der Waals surface area contributed by atoms with Gasteiger partial charge in [-0.25, -0.2) is 4.79 Å². The van der Waals surface area contributed by atoms with Crippen molar-refractivity contribution in [2.45, 2.75) is 77.8 Å². The number of carbonyl (C=O) groups excluding carboxylic acids is 1. The number of nitrogens with zero attached hydrogens (tertiary/aromatic N) is 1. The van der Waals surface area contributed by atoms with Crippen molar-refractivity contribution < 1.29 is 33.1 Å². The zero-order valence-corrected chi connectivity index (χ0v) is 22.5. The highest BCUT2D eigenvalue weighted by Gasteiger charge is 2.60. The van der Waals surface area contributed by atoms with Gasteiger partial charge < -0.3 is 18.9 Å². The van der Waals surface area contributed by atoms with E-state index in [1.165, 1.54) is 11.6 Å². The van der Waals surface area contributed by atoms with Gasteiger partial charge in [0.15, 0.2) is 11.9 Å². The summed E-state index contributed by atoms with van der Waals surface area (Å²) in [5.41, 5.74) is 0.792. The van der Waals surface area contributed by atoms with Crippen molar-refractivity contribution in [3.05, 3.63) is 57.9 Å². The summed E-state index contributed by atoms with van der Waals surface area (Å²) in [6, 6.07) is 3.34. The Labute approximate surface area is 222 Å². The van der Waals surface area contributed by atoms with Gasteiger partial charge in [0.05, 0.1) is 23.2 Å². The SMILES string of the molecule is C=C1CC[C@H]2[C@@](C)(CCC3OC(C)(C)OC[C@]32C)C1C/C=C1/C(=O)OC[C@H]1Oc1ccc([N+](=O)[O-])c(F)c1. The minimum absolute atomic E-state index is 0.000999. The third-order valence-corrected chi connectivity index (χ3v) is 9.39. The second kappa shape index (κ2) is 9.45. The van der Waals surface area contributed by atoms with Crippen LogP contribution in [0.15, 0.2) is 42.0 Å². The number of hydrogen-bond donors (Lipinski definition) is 0. The van der Waals surface area contributed by atoms with E-state index in [0.29, 0.717) is 24.5 Å². The number of allylic oxidation sites excluding steroid dienone is 2.